The van der Waals surface area contributed by atoms with Gasteiger partial charge in [0.15, 0.2) is 0 Å². The lowest BCUT2D eigenvalue weighted by Crippen LogP contribution is -2.33. The highest BCUT2D eigenvalue weighted by atomic mass is 16.5. The van der Waals surface area contributed by atoms with E-state index in [9.17, 15) is 0 Å². The number of hydrogen-bond acceptors (Lipinski definition) is 3. The summed E-state index contributed by atoms with van der Waals surface area (Å²) in [5.74, 6) is 1.82. The Morgan fingerprint density at radius 3 is 2.48 bits per heavy atom. The molecule has 1 saturated heterocycles. The van der Waals surface area contributed by atoms with Gasteiger partial charge < -0.3 is 10.5 Å². The number of nitrogens with zero attached hydrogens (tertiary/aromatic N) is 1. The van der Waals surface area contributed by atoms with Crippen molar-refractivity contribution in [3.8, 4) is 5.75 Å². The normalized spacial score (nSPS) is 18.6. The third-order valence-corrected chi connectivity index (χ3v) is 4.74. The second-order valence-corrected chi connectivity index (χ2v) is 6.31. The summed E-state index contributed by atoms with van der Waals surface area (Å²) in [6, 6.07) is 8.85. The lowest BCUT2D eigenvalue weighted by atomic mass is 9.90. The molecule has 1 atom stereocenters. The molecule has 1 aliphatic heterocycles. The summed E-state index contributed by atoms with van der Waals surface area (Å²) in [6.45, 7) is 5.68. The lowest BCUT2D eigenvalue weighted by molar-refractivity contribution is 0.169. The van der Waals surface area contributed by atoms with Crippen LogP contribution in [0.5, 0.6) is 5.75 Å². The summed E-state index contributed by atoms with van der Waals surface area (Å²) in [5, 5.41) is 0. The first kappa shape index (κ1) is 16.3. The van der Waals surface area contributed by atoms with Gasteiger partial charge in [0.1, 0.15) is 5.75 Å². The SMILES string of the molecule is CCC(N)CCC1CCN(Cc2ccc(OC)cc2)CC1. The molecule has 0 aliphatic carbocycles. The van der Waals surface area contributed by atoms with E-state index in [0.29, 0.717) is 6.04 Å². The highest BCUT2D eigenvalue weighted by Crippen LogP contribution is 2.24. The van der Waals surface area contributed by atoms with Crippen molar-refractivity contribution in [1.82, 2.24) is 4.90 Å². The molecule has 3 nitrogen and oxygen atoms in total. The largest absolute Gasteiger partial charge is 0.497 e. The maximum atomic E-state index is 6.02. The maximum absolute atomic E-state index is 6.02. The van der Waals surface area contributed by atoms with E-state index >= 15 is 0 Å². The van der Waals surface area contributed by atoms with Gasteiger partial charge in [0.05, 0.1) is 7.11 Å². The van der Waals surface area contributed by atoms with Gasteiger partial charge in [-0.1, -0.05) is 19.1 Å². The van der Waals surface area contributed by atoms with Gasteiger partial charge in [0.2, 0.25) is 0 Å². The monoisotopic (exact) mass is 290 g/mol. The third kappa shape index (κ3) is 5.33. The molecule has 21 heavy (non-hydrogen) atoms. The Morgan fingerprint density at radius 1 is 1.24 bits per heavy atom. The summed E-state index contributed by atoms with van der Waals surface area (Å²) < 4.78 is 5.20. The Balaban J connectivity index is 1.71. The zero-order valence-corrected chi connectivity index (χ0v) is 13.6. The first-order valence-electron chi connectivity index (χ1n) is 8.32. The molecule has 0 radical (unpaired) electrons. The van der Waals surface area contributed by atoms with Crippen LogP contribution in [0.25, 0.3) is 0 Å². The molecule has 1 fully saturated rings. The number of ether oxygens (including phenoxy) is 1. The van der Waals surface area contributed by atoms with E-state index in [1.165, 1.54) is 44.3 Å². The van der Waals surface area contributed by atoms with Gasteiger partial charge in [-0.25, -0.2) is 0 Å². The minimum Gasteiger partial charge on any atom is -0.497 e. The van der Waals surface area contributed by atoms with Gasteiger partial charge in [-0.15, -0.1) is 0 Å². The summed E-state index contributed by atoms with van der Waals surface area (Å²) in [7, 11) is 1.71. The van der Waals surface area contributed by atoms with Crippen molar-refractivity contribution in [3.63, 3.8) is 0 Å². The molecule has 0 bridgehead atoms. The standard InChI is InChI=1S/C18H30N2O/c1-3-17(19)7-4-15-10-12-20(13-11-15)14-16-5-8-18(21-2)9-6-16/h5-6,8-9,15,17H,3-4,7,10-14,19H2,1-2H3. The van der Waals surface area contributed by atoms with Crippen LogP contribution in [0.2, 0.25) is 0 Å². The molecule has 1 heterocycles. The van der Waals surface area contributed by atoms with Crippen molar-refractivity contribution in [2.45, 2.75) is 51.6 Å². The number of benzene rings is 1. The second kappa shape index (κ2) is 8.40. The van der Waals surface area contributed by atoms with Crippen molar-refractivity contribution in [2.75, 3.05) is 20.2 Å². The van der Waals surface area contributed by atoms with E-state index in [1.807, 2.05) is 12.1 Å². The summed E-state index contributed by atoms with van der Waals surface area (Å²) in [5.41, 5.74) is 7.40. The molecular formula is C18H30N2O. The Labute approximate surface area is 129 Å². The quantitative estimate of drug-likeness (QED) is 0.836. The molecular weight excluding hydrogens is 260 g/mol. The first-order valence-corrected chi connectivity index (χ1v) is 8.32. The predicted molar refractivity (Wildman–Crippen MR) is 88.5 cm³/mol. The van der Waals surface area contributed by atoms with Crippen LogP contribution in [0.3, 0.4) is 0 Å². The predicted octanol–water partition coefficient (Wildman–Crippen LogP) is 3.42. The van der Waals surface area contributed by atoms with E-state index in [-0.39, 0.29) is 0 Å². The molecule has 1 aromatic carbocycles. The molecule has 1 unspecified atom stereocenters. The van der Waals surface area contributed by atoms with Gasteiger partial charge >= 0.3 is 0 Å². The summed E-state index contributed by atoms with van der Waals surface area (Å²) >= 11 is 0. The van der Waals surface area contributed by atoms with E-state index < -0.39 is 0 Å². The Kier molecular flexibility index (Phi) is 6.52. The fraction of sp³-hybridized carbons (Fsp3) is 0.667. The highest BCUT2D eigenvalue weighted by Gasteiger charge is 2.19. The number of piperidine rings is 1. The van der Waals surface area contributed by atoms with Crippen molar-refractivity contribution >= 4 is 0 Å². The molecule has 1 aliphatic rings. The van der Waals surface area contributed by atoms with Crippen molar-refractivity contribution < 1.29 is 4.74 Å². The van der Waals surface area contributed by atoms with Gasteiger partial charge in [-0.05, 0) is 68.8 Å². The van der Waals surface area contributed by atoms with Crippen LogP contribution in [0, 0.1) is 5.92 Å². The molecule has 1 aromatic rings. The molecule has 118 valence electrons. The zero-order valence-electron chi connectivity index (χ0n) is 13.6. The van der Waals surface area contributed by atoms with E-state index in [2.05, 4.69) is 24.0 Å². The minimum atomic E-state index is 0.405. The summed E-state index contributed by atoms with van der Waals surface area (Å²) in [4.78, 5) is 2.57. The van der Waals surface area contributed by atoms with Crippen LogP contribution in [-0.4, -0.2) is 31.1 Å². The second-order valence-electron chi connectivity index (χ2n) is 6.31. The Bertz CT molecular complexity index is 396. The number of nitrogens with two attached hydrogens (primary N) is 1. The van der Waals surface area contributed by atoms with Gasteiger partial charge in [0, 0.05) is 12.6 Å². The van der Waals surface area contributed by atoms with Crippen molar-refractivity contribution in [1.29, 1.82) is 0 Å². The molecule has 0 spiro atoms. The van der Waals surface area contributed by atoms with Gasteiger partial charge in [-0.2, -0.15) is 0 Å². The molecule has 0 amide bonds. The van der Waals surface area contributed by atoms with Crippen molar-refractivity contribution in [2.24, 2.45) is 11.7 Å². The fourth-order valence-electron chi connectivity index (χ4n) is 3.08. The molecule has 3 heteroatoms. The van der Waals surface area contributed by atoms with Crippen LogP contribution < -0.4 is 10.5 Å². The van der Waals surface area contributed by atoms with E-state index in [1.54, 1.807) is 7.11 Å². The topological polar surface area (TPSA) is 38.5 Å². The number of hydrogen-bond donors (Lipinski definition) is 1. The van der Waals surface area contributed by atoms with Crippen LogP contribution in [-0.2, 0) is 6.54 Å². The fourth-order valence-corrected chi connectivity index (χ4v) is 3.08. The van der Waals surface area contributed by atoms with Crippen LogP contribution >= 0.6 is 0 Å². The Hall–Kier alpha value is -1.06. The van der Waals surface area contributed by atoms with E-state index in [0.717, 1.165) is 24.6 Å². The van der Waals surface area contributed by atoms with Gasteiger partial charge in [-0.3, -0.25) is 4.90 Å². The minimum absolute atomic E-state index is 0.405. The summed E-state index contributed by atoms with van der Waals surface area (Å²) in [6.07, 6.45) is 6.26. The van der Waals surface area contributed by atoms with E-state index in [4.69, 9.17) is 10.5 Å². The van der Waals surface area contributed by atoms with Gasteiger partial charge in [0.25, 0.3) is 0 Å². The smallest absolute Gasteiger partial charge is 0.118 e. The Morgan fingerprint density at radius 2 is 1.90 bits per heavy atom. The average molecular weight is 290 g/mol. The third-order valence-electron chi connectivity index (χ3n) is 4.74. The maximum Gasteiger partial charge on any atom is 0.118 e. The molecule has 0 saturated carbocycles. The first-order chi connectivity index (χ1) is 10.2. The lowest BCUT2D eigenvalue weighted by Gasteiger charge is -2.32. The number of methoxy groups -OCH3 is 1. The molecule has 2 rings (SSSR count). The average Bonchev–Trinajstić information content (AvgIpc) is 2.54. The molecule has 2 N–H and O–H groups in total. The number of rotatable bonds is 7. The van der Waals surface area contributed by atoms with Crippen LogP contribution in [0.15, 0.2) is 24.3 Å². The van der Waals surface area contributed by atoms with Crippen LogP contribution in [0.4, 0.5) is 0 Å². The molecule has 0 aromatic heterocycles. The number of likely N-dealkylation sites (tertiary alicyclic amines) is 1. The zero-order chi connectivity index (χ0) is 15.1. The van der Waals surface area contributed by atoms with Crippen LogP contribution in [0.1, 0.15) is 44.6 Å². The highest BCUT2D eigenvalue weighted by molar-refractivity contribution is 5.27. The van der Waals surface area contributed by atoms with Crippen molar-refractivity contribution in [3.05, 3.63) is 29.8 Å².